The lowest BCUT2D eigenvalue weighted by molar-refractivity contribution is -0.301. The molecule has 0 saturated carbocycles. The molecule has 1 heterocycles. The van der Waals surface area contributed by atoms with Crippen LogP contribution in [0.5, 0.6) is 0 Å². The van der Waals surface area contributed by atoms with Gasteiger partial charge in [0.1, 0.15) is 18.8 Å². The van der Waals surface area contributed by atoms with Crippen molar-refractivity contribution in [3.05, 3.63) is 72.9 Å². The van der Waals surface area contributed by atoms with E-state index in [4.69, 9.17) is 23.7 Å². The summed E-state index contributed by atoms with van der Waals surface area (Å²) in [7, 11) is 0. The first-order valence-corrected chi connectivity index (χ1v) is 31.9. The number of carboxylic acid groups (broad SMARTS) is 1. The lowest BCUT2D eigenvalue weighted by Gasteiger charge is -2.40. The fourth-order valence-electron chi connectivity index (χ4n) is 9.35. The standard InChI is InChI=1S/C67H114O12/c1-4-7-10-13-16-19-22-25-27-29-30-32-33-36-38-41-44-47-50-53-59(68)75-56-58(77-60(69)54-51-48-45-42-39-35-24-21-18-15-12-9-6-3)57-76-67-65(63(72)62(71)64(79-67)66(73)74)78-61(70)55-52-49-46-43-40-37-34-31-28-26-23-20-17-14-11-8-5-2/h9,12,16,18-19,21,25-28,35,39,58,62-65,67,71-72H,4-8,10-11,13-15,17,20,22-24,29-34,36-38,40-57H2,1-3H3,(H,73,74)/b12-9-,19-16-,21-18-,27-25-,28-26-,39-35-. The number of unbranched alkanes of at least 4 members (excludes halogenated alkanes) is 28. The zero-order valence-corrected chi connectivity index (χ0v) is 50.1. The predicted octanol–water partition coefficient (Wildman–Crippen LogP) is 16.9. The van der Waals surface area contributed by atoms with E-state index >= 15 is 0 Å². The van der Waals surface area contributed by atoms with Gasteiger partial charge in [-0.2, -0.15) is 0 Å². The average molecular weight is 1110 g/mol. The summed E-state index contributed by atoms with van der Waals surface area (Å²) in [5.41, 5.74) is 0. The van der Waals surface area contributed by atoms with E-state index in [1.165, 1.54) is 116 Å². The molecule has 1 rings (SSSR count). The van der Waals surface area contributed by atoms with E-state index < -0.39 is 67.3 Å². The topological polar surface area (TPSA) is 175 Å². The molecule has 3 N–H and O–H groups in total. The van der Waals surface area contributed by atoms with Crippen LogP contribution in [0.3, 0.4) is 0 Å². The van der Waals surface area contributed by atoms with Crippen molar-refractivity contribution in [3.63, 3.8) is 0 Å². The minimum absolute atomic E-state index is 0.0507. The van der Waals surface area contributed by atoms with Gasteiger partial charge in [-0.15, -0.1) is 0 Å². The fourth-order valence-corrected chi connectivity index (χ4v) is 9.35. The molecule has 79 heavy (non-hydrogen) atoms. The van der Waals surface area contributed by atoms with E-state index in [1.54, 1.807) is 0 Å². The van der Waals surface area contributed by atoms with Crippen molar-refractivity contribution in [1.29, 1.82) is 0 Å². The van der Waals surface area contributed by atoms with Crippen molar-refractivity contribution in [1.82, 2.24) is 0 Å². The maximum atomic E-state index is 13.1. The first-order valence-electron chi connectivity index (χ1n) is 31.9. The van der Waals surface area contributed by atoms with E-state index in [9.17, 15) is 34.5 Å². The van der Waals surface area contributed by atoms with Crippen LogP contribution in [0.4, 0.5) is 0 Å². The SMILES string of the molecule is CC/C=C\C/C=C\C/C=C\CCCCCC(=O)OC(COC(=O)CCCCCCCCCCC/C=C\C/C=C\CCCCC)COC1OC(C(=O)O)C(O)C(O)C1OC(=O)CCCCCCCCC/C=C\CCCCCCCC. The van der Waals surface area contributed by atoms with Gasteiger partial charge in [0, 0.05) is 19.3 Å². The summed E-state index contributed by atoms with van der Waals surface area (Å²) in [6, 6.07) is 0. The van der Waals surface area contributed by atoms with Gasteiger partial charge < -0.3 is 39.0 Å². The van der Waals surface area contributed by atoms with Crippen LogP contribution >= 0.6 is 0 Å². The molecule has 0 aromatic carbocycles. The second-order valence-corrected chi connectivity index (χ2v) is 21.7. The molecule has 0 aromatic rings. The number of allylic oxidation sites excluding steroid dienone is 12. The zero-order valence-electron chi connectivity index (χ0n) is 50.1. The van der Waals surface area contributed by atoms with E-state index in [2.05, 4.69) is 93.7 Å². The predicted molar refractivity (Wildman–Crippen MR) is 322 cm³/mol. The first kappa shape index (κ1) is 73.2. The molecule has 1 aliphatic rings. The summed E-state index contributed by atoms with van der Waals surface area (Å²) >= 11 is 0. The van der Waals surface area contributed by atoms with E-state index in [0.29, 0.717) is 19.3 Å². The Morgan fingerprint density at radius 2 is 0.797 bits per heavy atom. The molecule has 0 bridgehead atoms. The Balaban J connectivity index is 2.66. The van der Waals surface area contributed by atoms with Crippen molar-refractivity contribution in [2.45, 2.75) is 314 Å². The Labute approximate surface area is 480 Å². The van der Waals surface area contributed by atoms with Crippen LogP contribution in [-0.4, -0.2) is 89.2 Å². The van der Waals surface area contributed by atoms with Gasteiger partial charge in [0.2, 0.25) is 0 Å². The quantitative estimate of drug-likeness (QED) is 0.0228. The molecule has 12 heteroatoms. The molecular formula is C67H114O12. The molecular weight excluding hydrogens is 997 g/mol. The maximum Gasteiger partial charge on any atom is 0.335 e. The second kappa shape index (κ2) is 54.7. The molecule has 1 fully saturated rings. The molecule has 0 spiro atoms. The molecule has 1 aliphatic heterocycles. The smallest absolute Gasteiger partial charge is 0.335 e. The lowest BCUT2D eigenvalue weighted by atomic mass is 9.98. The maximum absolute atomic E-state index is 13.1. The highest BCUT2D eigenvalue weighted by Gasteiger charge is 2.50. The Kier molecular flexibility index (Phi) is 50.7. The Morgan fingerprint density at radius 3 is 1.27 bits per heavy atom. The first-order chi connectivity index (χ1) is 38.6. The Morgan fingerprint density at radius 1 is 0.430 bits per heavy atom. The Bertz CT molecular complexity index is 1650. The van der Waals surface area contributed by atoms with Crippen LogP contribution < -0.4 is 0 Å². The lowest BCUT2D eigenvalue weighted by Crippen LogP contribution is -2.61. The number of carboxylic acids is 1. The third-order valence-electron chi connectivity index (χ3n) is 14.2. The van der Waals surface area contributed by atoms with Crippen molar-refractivity contribution in [2.75, 3.05) is 13.2 Å². The number of ether oxygens (including phenoxy) is 5. The number of aliphatic carboxylic acids is 1. The number of aliphatic hydroxyl groups is 2. The molecule has 0 aromatic heterocycles. The molecule has 6 unspecified atom stereocenters. The molecule has 0 radical (unpaired) electrons. The molecule has 1 saturated heterocycles. The van der Waals surface area contributed by atoms with Crippen LogP contribution in [0, 0.1) is 0 Å². The minimum atomic E-state index is -1.91. The van der Waals surface area contributed by atoms with Crippen molar-refractivity contribution < 1.29 is 58.2 Å². The van der Waals surface area contributed by atoms with Crippen LogP contribution in [0.15, 0.2) is 72.9 Å². The van der Waals surface area contributed by atoms with Crippen molar-refractivity contribution in [3.8, 4) is 0 Å². The van der Waals surface area contributed by atoms with E-state index in [-0.39, 0.29) is 25.9 Å². The highest BCUT2D eigenvalue weighted by Crippen LogP contribution is 2.26. The van der Waals surface area contributed by atoms with Gasteiger partial charge in [0.15, 0.2) is 24.6 Å². The summed E-state index contributed by atoms with van der Waals surface area (Å²) in [5.74, 6) is -3.16. The fraction of sp³-hybridized carbons (Fsp3) is 0.761. The molecule has 454 valence electrons. The van der Waals surface area contributed by atoms with Gasteiger partial charge in [0.05, 0.1) is 6.61 Å². The van der Waals surface area contributed by atoms with Crippen molar-refractivity contribution in [2.24, 2.45) is 0 Å². The minimum Gasteiger partial charge on any atom is -0.479 e. The van der Waals surface area contributed by atoms with Crippen LogP contribution in [0.2, 0.25) is 0 Å². The van der Waals surface area contributed by atoms with E-state index in [0.717, 1.165) is 103 Å². The van der Waals surface area contributed by atoms with Gasteiger partial charge in [-0.25, -0.2) is 4.79 Å². The third-order valence-corrected chi connectivity index (χ3v) is 14.2. The van der Waals surface area contributed by atoms with E-state index in [1.807, 2.05) is 0 Å². The van der Waals surface area contributed by atoms with Crippen LogP contribution in [-0.2, 0) is 42.9 Å². The summed E-state index contributed by atoms with van der Waals surface area (Å²) in [5, 5.41) is 31.6. The van der Waals surface area contributed by atoms with Gasteiger partial charge in [-0.05, 0) is 109 Å². The highest BCUT2D eigenvalue weighted by atomic mass is 16.7. The summed E-state index contributed by atoms with van der Waals surface area (Å²) in [4.78, 5) is 51.2. The zero-order chi connectivity index (χ0) is 57.5. The number of hydrogen-bond donors (Lipinski definition) is 3. The van der Waals surface area contributed by atoms with Gasteiger partial charge >= 0.3 is 23.9 Å². The number of carbonyl (C=O) groups is 4. The molecule has 12 nitrogen and oxygen atoms in total. The molecule has 0 amide bonds. The second-order valence-electron chi connectivity index (χ2n) is 21.7. The monoisotopic (exact) mass is 1110 g/mol. The van der Waals surface area contributed by atoms with Gasteiger partial charge in [-0.3, -0.25) is 14.4 Å². The third kappa shape index (κ3) is 44.5. The number of carbonyl (C=O) groups excluding carboxylic acids is 3. The number of esters is 3. The highest BCUT2D eigenvalue weighted by molar-refractivity contribution is 5.74. The van der Waals surface area contributed by atoms with Crippen molar-refractivity contribution >= 4 is 23.9 Å². The largest absolute Gasteiger partial charge is 0.479 e. The molecule has 6 atom stereocenters. The van der Waals surface area contributed by atoms with Crippen LogP contribution in [0.1, 0.15) is 278 Å². The van der Waals surface area contributed by atoms with Gasteiger partial charge in [-0.1, -0.05) is 222 Å². The number of rotatable bonds is 54. The van der Waals surface area contributed by atoms with Gasteiger partial charge in [0.25, 0.3) is 0 Å². The average Bonchev–Trinajstić information content (AvgIpc) is 3.44. The molecule has 0 aliphatic carbocycles. The van der Waals surface area contributed by atoms with Crippen LogP contribution in [0.25, 0.3) is 0 Å². The number of aliphatic hydroxyl groups excluding tert-OH is 2. The Hall–Kier alpha value is -3.84. The number of hydrogen-bond acceptors (Lipinski definition) is 11. The summed E-state index contributed by atoms with van der Waals surface area (Å²) < 4.78 is 28.5. The summed E-state index contributed by atoms with van der Waals surface area (Å²) in [6.45, 7) is 5.84. The summed E-state index contributed by atoms with van der Waals surface area (Å²) in [6.07, 6.45) is 57.2. The normalized spacial score (nSPS) is 18.3.